The van der Waals surface area contributed by atoms with E-state index in [0.717, 1.165) is 25.7 Å². The molecule has 4 aliphatic rings. The van der Waals surface area contributed by atoms with Crippen LogP contribution in [0.3, 0.4) is 0 Å². The molecule has 5 heteroatoms. The van der Waals surface area contributed by atoms with Crippen LogP contribution >= 0.6 is 0 Å². The Hall–Kier alpha value is -0.140. The fraction of sp³-hybridized carbons (Fsp3) is 0.684. The molecule has 0 N–H and O–H groups in total. The van der Waals surface area contributed by atoms with E-state index in [9.17, 15) is 8.42 Å². The molecule has 3 atom stereocenters. The summed E-state index contributed by atoms with van der Waals surface area (Å²) in [5, 5.41) is -0.339. The van der Waals surface area contributed by atoms with Crippen LogP contribution in [-0.4, -0.2) is 25.6 Å². The van der Waals surface area contributed by atoms with Crippen molar-refractivity contribution in [3.8, 4) is 0 Å². The van der Waals surface area contributed by atoms with Gasteiger partial charge in [0.05, 0.1) is 0 Å². The van der Waals surface area contributed by atoms with Crippen LogP contribution in [0.15, 0.2) is 35.5 Å². The molecule has 1 saturated carbocycles. The number of nitrogens with zero attached hydrogens (tertiary/aromatic N) is 1. The molecule has 1 saturated heterocycles. The van der Waals surface area contributed by atoms with Gasteiger partial charge < -0.3 is 0 Å². The Labute approximate surface area is 156 Å². The number of allylic oxidation sites excluding steroid dienone is 5. The molecule has 134 valence electrons. The van der Waals surface area contributed by atoms with Gasteiger partial charge in [0.25, 0.3) is 0 Å². The topological polar surface area (TPSA) is 37.4 Å². The number of hydrogen-bond acceptors (Lipinski definition) is 2. The Bertz CT molecular complexity index is 749. The van der Waals surface area contributed by atoms with Crippen molar-refractivity contribution in [1.29, 1.82) is 0 Å². The third kappa shape index (κ3) is 2.94. The summed E-state index contributed by atoms with van der Waals surface area (Å²) in [4.78, 5) is 0. The summed E-state index contributed by atoms with van der Waals surface area (Å²) in [7, 11) is -3.22. The van der Waals surface area contributed by atoms with Crippen LogP contribution < -0.4 is 21.5 Å². The Morgan fingerprint density at radius 3 is 2.83 bits per heavy atom. The second kappa shape index (κ2) is 5.68. The zero-order chi connectivity index (χ0) is 17.2. The van der Waals surface area contributed by atoms with Crippen LogP contribution in [0.1, 0.15) is 59.3 Å². The predicted molar refractivity (Wildman–Crippen MR) is 93.5 cm³/mol. The molecular weight excluding hydrogens is 433 g/mol. The monoisotopic (exact) mass is 460 g/mol. The first-order chi connectivity index (χ1) is 11.2. The van der Waals surface area contributed by atoms with Gasteiger partial charge >= 0.3 is 157 Å². The van der Waals surface area contributed by atoms with Crippen LogP contribution in [0.25, 0.3) is 0 Å². The number of hydrogen-bond donors (Lipinski definition) is 0. The summed E-state index contributed by atoms with van der Waals surface area (Å²) in [6, 6.07) is 0.242. The van der Waals surface area contributed by atoms with Crippen molar-refractivity contribution in [3.63, 3.8) is 0 Å². The number of sulfonamides is 1. The van der Waals surface area contributed by atoms with Gasteiger partial charge in [-0.3, -0.25) is 0 Å². The Kier molecular flexibility index (Phi) is 4.09. The number of fused-ring (bicyclic) bond motifs is 3. The van der Waals surface area contributed by atoms with E-state index >= 15 is 0 Å². The second-order valence-electron chi connectivity index (χ2n) is 8.75. The van der Waals surface area contributed by atoms with Gasteiger partial charge in [0, 0.05) is 0 Å². The summed E-state index contributed by atoms with van der Waals surface area (Å²) < 4.78 is 29.1. The standard InChI is InChI=1S/C19H27INO2S/c1-18(2)11-16-12-19(3,13-18)20-21(16)24(22,23)17-9-8-14-6-4-5-7-15(14)10-17/h4,6,8,10,16-17H,5,7,9,11-13H2,1-3H3/q-1. The molecule has 4 rings (SSSR count). The third-order valence-corrected chi connectivity index (χ3v) is 12.9. The molecule has 24 heavy (non-hydrogen) atoms. The quantitative estimate of drug-likeness (QED) is 0.350. The molecule has 0 spiro atoms. The van der Waals surface area contributed by atoms with E-state index in [4.69, 9.17) is 0 Å². The van der Waals surface area contributed by atoms with E-state index in [1.54, 1.807) is 0 Å². The van der Waals surface area contributed by atoms with Crippen molar-refractivity contribution in [2.75, 3.05) is 0 Å². The molecule has 3 aliphatic carbocycles. The number of rotatable bonds is 2. The molecule has 0 aromatic carbocycles. The van der Waals surface area contributed by atoms with Crippen molar-refractivity contribution in [2.45, 2.75) is 74.0 Å². The van der Waals surface area contributed by atoms with E-state index in [0.29, 0.717) is 6.42 Å². The van der Waals surface area contributed by atoms with E-state index in [1.807, 2.05) is 2.52 Å². The first-order valence-electron chi connectivity index (χ1n) is 8.96. The van der Waals surface area contributed by atoms with Gasteiger partial charge in [-0.1, -0.05) is 0 Å². The molecule has 0 aromatic rings. The van der Waals surface area contributed by atoms with Crippen molar-refractivity contribution in [1.82, 2.24) is 2.52 Å². The van der Waals surface area contributed by atoms with Crippen LogP contribution in [0, 0.1) is 5.41 Å². The zero-order valence-electron chi connectivity index (χ0n) is 14.8. The van der Waals surface area contributed by atoms with Crippen molar-refractivity contribution >= 4 is 10.0 Å². The molecule has 1 aliphatic heterocycles. The van der Waals surface area contributed by atoms with Gasteiger partial charge in [-0.15, -0.1) is 0 Å². The summed E-state index contributed by atoms with van der Waals surface area (Å²) in [5.74, 6) is 0. The van der Waals surface area contributed by atoms with Crippen LogP contribution in [0.5, 0.6) is 0 Å². The zero-order valence-corrected chi connectivity index (χ0v) is 17.7. The van der Waals surface area contributed by atoms with Crippen LogP contribution in [-0.2, 0) is 10.0 Å². The fourth-order valence-corrected chi connectivity index (χ4v) is 13.3. The van der Waals surface area contributed by atoms with Gasteiger partial charge in [0.15, 0.2) is 0 Å². The normalized spacial score (nSPS) is 38.8. The molecule has 3 unspecified atom stereocenters. The summed E-state index contributed by atoms with van der Waals surface area (Å²) in [5.41, 5.74) is 2.76. The van der Waals surface area contributed by atoms with E-state index in [2.05, 4.69) is 45.1 Å². The minimum atomic E-state index is -3.22. The Morgan fingerprint density at radius 1 is 1.25 bits per heavy atom. The molecule has 0 radical (unpaired) electrons. The maximum atomic E-state index is 13.4. The molecule has 2 fully saturated rings. The van der Waals surface area contributed by atoms with Gasteiger partial charge in [-0.2, -0.15) is 0 Å². The first-order valence-corrected chi connectivity index (χ1v) is 12.5. The van der Waals surface area contributed by atoms with Gasteiger partial charge in [-0.05, 0) is 0 Å². The van der Waals surface area contributed by atoms with Gasteiger partial charge in [0.2, 0.25) is 0 Å². The van der Waals surface area contributed by atoms with Crippen LogP contribution in [0.2, 0.25) is 0 Å². The SMILES string of the molecule is CC1(C)CC2CC(C)(C1)[I-]N2S(=O)(=O)C1C=C2CCC=CC2=CC1. The minimum absolute atomic E-state index is 0.242. The fourth-order valence-electron chi connectivity index (χ4n) is 5.03. The van der Waals surface area contributed by atoms with Gasteiger partial charge in [-0.25, -0.2) is 0 Å². The maximum absolute atomic E-state index is 13.4. The second-order valence-corrected chi connectivity index (χ2v) is 15.6. The predicted octanol–water partition coefficient (Wildman–Crippen LogP) is 0.948. The number of halogens is 1. The average molecular weight is 460 g/mol. The average Bonchev–Trinajstić information content (AvgIpc) is 2.76. The molecule has 3 nitrogen and oxygen atoms in total. The van der Waals surface area contributed by atoms with E-state index < -0.39 is 31.5 Å². The molecule has 0 amide bonds. The summed E-state index contributed by atoms with van der Waals surface area (Å²) >= 11 is -0.466. The Morgan fingerprint density at radius 2 is 2.04 bits per heavy atom. The van der Waals surface area contributed by atoms with Crippen molar-refractivity contribution in [3.05, 3.63) is 35.5 Å². The van der Waals surface area contributed by atoms with Crippen LogP contribution in [0.4, 0.5) is 0 Å². The molecular formula is C19H27INO2S-. The van der Waals surface area contributed by atoms with E-state index in [-0.39, 0.29) is 20.1 Å². The molecule has 0 aromatic heterocycles. The summed E-state index contributed by atoms with van der Waals surface area (Å²) in [6.07, 6.45) is 14.5. The van der Waals surface area contributed by atoms with E-state index in [1.165, 1.54) is 17.6 Å². The third-order valence-electron chi connectivity index (χ3n) is 5.70. The first kappa shape index (κ1) is 17.3. The van der Waals surface area contributed by atoms with Crippen molar-refractivity contribution < 1.29 is 29.9 Å². The van der Waals surface area contributed by atoms with Gasteiger partial charge in [0.1, 0.15) is 0 Å². The van der Waals surface area contributed by atoms with Crippen molar-refractivity contribution in [2.24, 2.45) is 5.41 Å². The summed E-state index contributed by atoms with van der Waals surface area (Å²) in [6.45, 7) is 6.94. The Balaban J connectivity index is 1.62. The molecule has 2 bridgehead atoms. The molecule has 1 heterocycles. The number of alkyl halides is 1.